The Labute approximate surface area is 94.3 Å². The van der Waals surface area contributed by atoms with Crippen molar-refractivity contribution in [3.63, 3.8) is 0 Å². The van der Waals surface area contributed by atoms with Crippen LogP contribution in [0.4, 0.5) is 4.39 Å². The molecule has 0 fully saturated rings. The lowest BCUT2D eigenvalue weighted by Gasteiger charge is -2.17. The second-order valence-electron chi connectivity index (χ2n) is 4.39. The molecule has 1 aromatic rings. The number of rotatable bonds is 4. The maximum Gasteiger partial charge on any atom is 0.224 e. The van der Waals surface area contributed by atoms with Gasteiger partial charge in [-0.3, -0.25) is 4.79 Å². The standard InChI is InChI=1S/C12H16FNO2/c1-12(2,16)8-14-11(15)7-9-3-5-10(13)6-4-9/h3-6,16H,7-8H2,1-2H3,(H,14,15). The predicted molar refractivity (Wildman–Crippen MR) is 59.4 cm³/mol. The van der Waals surface area contributed by atoms with Gasteiger partial charge in [-0.05, 0) is 31.5 Å². The van der Waals surface area contributed by atoms with Gasteiger partial charge >= 0.3 is 0 Å². The number of aliphatic hydroxyl groups is 1. The highest BCUT2D eigenvalue weighted by Gasteiger charge is 2.13. The summed E-state index contributed by atoms with van der Waals surface area (Å²) >= 11 is 0. The van der Waals surface area contributed by atoms with Crippen molar-refractivity contribution >= 4 is 5.91 Å². The van der Waals surface area contributed by atoms with E-state index in [-0.39, 0.29) is 24.7 Å². The number of halogens is 1. The van der Waals surface area contributed by atoms with E-state index >= 15 is 0 Å². The van der Waals surface area contributed by atoms with E-state index in [4.69, 9.17) is 0 Å². The normalized spacial score (nSPS) is 11.2. The maximum atomic E-state index is 12.6. The van der Waals surface area contributed by atoms with Crippen molar-refractivity contribution in [1.82, 2.24) is 5.32 Å². The van der Waals surface area contributed by atoms with E-state index in [0.29, 0.717) is 0 Å². The van der Waals surface area contributed by atoms with E-state index in [2.05, 4.69) is 5.32 Å². The molecule has 3 nitrogen and oxygen atoms in total. The Hall–Kier alpha value is -1.42. The average Bonchev–Trinajstić information content (AvgIpc) is 2.18. The lowest BCUT2D eigenvalue weighted by Crippen LogP contribution is -2.38. The topological polar surface area (TPSA) is 49.3 Å². The zero-order valence-corrected chi connectivity index (χ0v) is 9.46. The number of carbonyl (C=O) groups excluding carboxylic acids is 1. The Morgan fingerprint density at radius 1 is 1.38 bits per heavy atom. The number of carbonyl (C=O) groups is 1. The molecule has 1 rings (SSSR count). The fourth-order valence-electron chi connectivity index (χ4n) is 1.17. The first-order valence-corrected chi connectivity index (χ1v) is 5.10. The zero-order valence-electron chi connectivity index (χ0n) is 9.46. The minimum absolute atomic E-state index is 0.186. The second-order valence-corrected chi connectivity index (χ2v) is 4.39. The monoisotopic (exact) mass is 225 g/mol. The van der Waals surface area contributed by atoms with Crippen LogP contribution in [0.15, 0.2) is 24.3 Å². The van der Waals surface area contributed by atoms with E-state index in [1.54, 1.807) is 26.0 Å². The van der Waals surface area contributed by atoms with Crippen molar-refractivity contribution in [2.45, 2.75) is 25.9 Å². The lowest BCUT2D eigenvalue weighted by atomic mass is 10.1. The minimum Gasteiger partial charge on any atom is -0.389 e. The minimum atomic E-state index is -0.918. The van der Waals surface area contributed by atoms with Crippen LogP contribution in [0.3, 0.4) is 0 Å². The summed E-state index contributed by atoms with van der Waals surface area (Å²) in [7, 11) is 0. The van der Waals surface area contributed by atoms with Crippen molar-refractivity contribution in [3.8, 4) is 0 Å². The molecule has 0 aliphatic carbocycles. The average molecular weight is 225 g/mol. The molecule has 0 aliphatic rings. The van der Waals surface area contributed by atoms with Gasteiger partial charge in [0, 0.05) is 6.54 Å². The molecule has 0 atom stereocenters. The van der Waals surface area contributed by atoms with Gasteiger partial charge in [0.2, 0.25) is 5.91 Å². The van der Waals surface area contributed by atoms with Gasteiger partial charge in [0.05, 0.1) is 12.0 Å². The van der Waals surface area contributed by atoms with Crippen LogP contribution >= 0.6 is 0 Å². The lowest BCUT2D eigenvalue weighted by molar-refractivity contribution is -0.121. The molecule has 88 valence electrons. The fourth-order valence-corrected chi connectivity index (χ4v) is 1.17. The summed E-state index contributed by atoms with van der Waals surface area (Å²) in [5.74, 6) is -0.505. The Bertz CT molecular complexity index is 354. The largest absolute Gasteiger partial charge is 0.389 e. The summed E-state index contributed by atoms with van der Waals surface area (Å²) in [6.45, 7) is 3.43. The van der Waals surface area contributed by atoms with Crippen LogP contribution in [0.5, 0.6) is 0 Å². The van der Waals surface area contributed by atoms with E-state index in [1.165, 1.54) is 12.1 Å². The smallest absolute Gasteiger partial charge is 0.224 e. The first-order chi connectivity index (χ1) is 7.37. The van der Waals surface area contributed by atoms with E-state index < -0.39 is 5.60 Å². The Morgan fingerprint density at radius 2 is 1.94 bits per heavy atom. The van der Waals surface area contributed by atoms with Crippen LogP contribution in [0, 0.1) is 5.82 Å². The highest BCUT2D eigenvalue weighted by molar-refractivity contribution is 5.78. The molecule has 0 heterocycles. The number of nitrogens with one attached hydrogen (secondary N) is 1. The van der Waals surface area contributed by atoms with E-state index in [1.807, 2.05) is 0 Å². The molecule has 0 radical (unpaired) electrons. The zero-order chi connectivity index (χ0) is 12.2. The van der Waals surface area contributed by atoms with E-state index in [0.717, 1.165) is 5.56 Å². The molecule has 0 unspecified atom stereocenters. The Kier molecular flexibility index (Phi) is 4.01. The number of amides is 1. The SMILES string of the molecule is CC(C)(O)CNC(=O)Cc1ccc(F)cc1. The molecule has 1 aromatic carbocycles. The van der Waals surface area contributed by atoms with Gasteiger partial charge in [-0.2, -0.15) is 0 Å². The van der Waals surface area contributed by atoms with Crippen molar-refractivity contribution in [2.75, 3.05) is 6.54 Å². The fraction of sp³-hybridized carbons (Fsp3) is 0.417. The summed E-state index contributed by atoms with van der Waals surface area (Å²) in [5, 5.41) is 12.0. The molecule has 16 heavy (non-hydrogen) atoms. The van der Waals surface area contributed by atoms with Gasteiger partial charge in [-0.15, -0.1) is 0 Å². The molecule has 0 aromatic heterocycles. The molecule has 0 saturated carbocycles. The van der Waals surface area contributed by atoms with Crippen LogP contribution in [-0.4, -0.2) is 23.2 Å². The summed E-state index contributed by atoms with van der Waals surface area (Å²) < 4.78 is 12.6. The van der Waals surface area contributed by atoms with Crippen LogP contribution < -0.4 is 5.32 Å². The number of hydrogen-bond donors (Lipinski definition) is 2. The van der Waals surface area contributed by atoms with E-state index in [9.17, 15) is 14.3 Å². The number of benzene rings is 1. The summed E-state index contributed by atoms with van der Waals surface area (Å²) in [6.07, 6.45) is 0.191. The third-order valence-electron chi connectivity index (χ3n) is 2.00. The third kappa shape index (κ3) is 4.89. The molecule has 0 saturated heterocycles. The van der Waals surface area contributed by atoms with Crippen molar-refractivity contribution in [3.05, 3.63) is 35.6 Å². The van der Waals surface area contributed by atoms with Gasteiger partial charge in [0.15, 0.2) is 0 Å². The van der Waals surface area contributed by atoms with Crippen LogP contribution in [-0.2, 0) is 11.2 Å². The van der Waals surface area contributed by atoms with Gasteiger partial charge in [0.1, 0.15) is 5.82 Å². The van der Waals surface area contributed by atoms with Crippen molar-refractivity contribution < 1.29 is 14.3 Å². The van der Waals surface area contributed by atoms with Gasteiger partial charge < -0.3 is 10.4 Å². The first kappa shape index (κ1) is 12.6. The molecule has 4 heteroatoms. The predicted octanol–water partition coefficient (Wildman–Crippen LogP) is 1.26. The second kappa shape index (κ2) is 5.07. The quantitative estimate of drug-likeness (QED) is 0.810. The maximum absolute atomic E-state index is 12.6. The van der Waals surface area contributed by atoms with Gasteiger partial charge in [-0.1, -0.05) is 12.1 Å². The summed E-state index contributed by atoms with van der Waals surface area (Å²) in [6, 6.07) is 5.77. The molecule has 0 bridgehead atoms. The third-order valence-corrected chi connectivity index (χ3v) is 2.00. The molecule has 0 spiro atoms. The van der Waals surface area contributed by atoms with Crippen molar-refractivity contribution in [2.24, 2.45) is 0 Å². The van der Waals surface area contributed by atoms with Crippen molar-refractivity contribution in [1.29, 1.82) is 0 Å². The number of hydrogen-bond acceptors (Lipinski definition) is 2. The first-order valence-electron chi connectivity index (χ1n) is 5.10. The summed E-state index contributed by atoms with van der Waals surface area (Å²) in [4.78, 5) is 11.4. The molecular weight excluding hydrogens is 209 g/mol. The molecule has 1 amide bonds. The molecule has 0 aliphatic heterocycles. The van der Waals surface area contributed by atoms with Crippen LogP contribution in [0.2, 0.25) is 0 Å². The highest BCUT2D eigenvalue weighted by atomic mass is 19.1. The molecule has 2 N–H and O–H groups in total. The molecular formula is C12H16FNO2. The highest BCUT2D eigenvalue weighted by Crippen LogP contribution is 2.04. The van der Waals surface area contributed by atoms with Crippen LogP contribution in [0.1, 0.15) is 19.4 Å². The van der Waals surface area contributed by atoms with Crippen LogP contribution in [0.25, 0.3) is 0 Å². The van der Waals surface area contributed by atoms with Gasteiger partial charge in [0.25, 0.3) is 0 Å². The Morgan fingerprint density at radius 3 is 2.44 bits per heavy atom. The Balaban J connectivity index is 2.43. The van der Waals surface area contributed by atoms with Gasteiger partial charge in [-0.25, -0.2) is 4.39 Å². The summed E-state index contributed by atoms with van der Waals surface area (Å²) in [5.41, 5.74) is -0.173.